The van der Waals surface area contributed by atoms with Gasteiger partial charge >= 0.3 is 0 Å². The number of rotatable bonds is 11. The van der Waals surface area contributed by atoms with E-state index in [9.17, 15) is 9.59 Å². The number of carbonyl (C=O) groups is 2. The predicted molar refractivity (Wildman–Crippen MR) is 89.2 cm³/mol. The van der Waals surface area contributed by atoms with Crippen LogP contribution < -0.4 is 0 Å². The summed E-state index contributed by atoms with van der Waals surface area (Å²) in [4.78, 5) is 25.4. The predicted octanol–water partition coefficient (Wildman–Crippen LogP) is 4.22. The zero-order valence-electron chi connectivity index (χ0n) is 14.6. The Kier molecular flexibility index (Phi) is 10.0. The van der Waals surface area contributed by atoms with Crippen molar-refractivity contribution in [2.45, 2.75) is 66.7 Å². The lowest BCUT2D eigenvalue weighted by atomic mass is 9.92. The molecule has 0 bridgehead atoms. The van der Waals surface area contributed by atoms with Gasteiger partial charge in [0.2, 0.25) is 5.91 Å². The second-order valence-electron chi connectivity index (χ2n) is 6.24. The van der Waals surface area contributed by atoms with Gasteiger partial charge in [-0.2, -0.15) is 0 Å². The molecule has 0 aliphatic heterocycles. The van der Waals surface area contributed by atoms with E-state index in [0.717, 1.165) is 38.8 Å². The Labute approximate surface area is 130 Å². The largest absolute Gasteiger partial charge is 0.339 e. The molecule has 0 aromatic rings. The summed E-state index contributed by atoms with van der Waals surface area (Å²) < 4.78 is 0. The summed E-state index contributed by atoms with van der Waals surface area (Å²) in [5.41, 5.74) is 0.603. The molecule has 3 nitrogen and oxygen atoms in total. The van der Waals surface area contributed by atoms with Gasteiger partial charge in [0.25, 0.3) is 0 Å². The van der Waals surface area contributed by atoms with Crippen molar-refractivity contribution in [1.82, 2.24) is 4.90 Å². The topological polar surface area (TPSA) is 37.4 Å². The highest BCUT2D eigenvalue weighted by Crippen LogP contribution is 2.19. The summed E-state index contributed by atoms with van der Waals surface area (Å²) in [5.74, 6) is 1.15. The molecule has 1 unspecified atom stereocenters. The first kappa shape index (κ1) is 19.9. The molecule has 0 spiro atoms. The van der Waals surface area contributed by atoms with E-state index in [0.29, 0.717) is 23.7 Å². The van der Waals surface area contributed by atoms with E-state index in [2.05, 4.69) is 13.5 Å². The lowest BCUT2D eigenvalue weighted by Gasteiger charge is -2.22. The molecule has 0 aliphatic rings. The van der Waals surface area contributed by atoms with Crippen LogP contribution in [0.4, 0.5) is 0 Å². The average Bonchev–Trinajstić information content (AvgIpc) is 2.45. The Bertz CT molecular complexity index is 347. The molecule has 0 saturated heterocycles. The molecule has 0 N–H and O–H groups in total. The molecule has 1 atom stereocenters. The molecule has 122 valence electrons. The SMILES string of the molecule is C=C(C)C(=O)N(CC)CCCC(CC)CCC(=O)C(C)C. The Morgan fingerprint density at radius 2 is 1.76 bits per heavy atom. The van der Waals surface area contributed by atoms with Gasteiger partial charge in [0, 0.05) is 31.0 Å². The van der Waals surface area contributed by atoms with E-state index < -0.39 is 0 Å². The van der Waals surface area contributed by atoms with Gasteiger partial charge in [-0.15, -0.1) is 0 Å². The molecule has 21 heavy (non-hydrogen) atoms. The zero-order chi connectivity index (χ0) is 16.4. The fourth-order valence-electron chi connectivity index (χ4n) is 2.43. The van der Waals surface area contributed by atoms with E-state index in [4.69, 9.17) is 0 Å². The quantitative estimate of drug-likeness (QED) is 0.535. The minimum absolute atomic E-state index is 0.0561. The van der Waals surface area contributed by atoms with Gasteiger partial charge in [-0.25, -0.2) is 0 Å². The van der Waals surface area contributed by atoms with Crippen LogP contribution in [-0.2, 0) is 9.59 Å². The fourth-order valence-corrected chi connectivity index (χ4v) is 2.43. The Balaban J connectivity index is 4.13. The maximum absolute atomic E-state index is 11.9. The van der Waals surface area contributed by atoms with Gasteiger partial charge in [0.05, 0.1) is 0 Å². The molecule has 1 amide bonds. The highest BCUT2D eigenvalue weighted by atomic mass is 16.2. The van der Waals surface area contributed by atoms with E-state index in [-0.39, 0.29) is 11.8 Å². The minimum atomic E-state index is 0.0561. The molecule has 0 saturated carbocycles. The average molecular weight is 295 g/mol. The monoisotopic (exact) mass is 295 g/mol. The third-order valence-corrected chi connectivity index (χ3v) is 4.09. The standard InChI is InChI=1S/C18H33NO2/c1-7-16(11-12-17(20)14(3)4)10-9-13-19(8-2)18(21)15(5)6/h14,16H,5,7-13H2,1-4,6H3. The molecular weight excluding hydrogens is 262 g/mol. The van der Waals surface area contributed by atoms with Crippen molar-refractivity contribution in [3.8, 4) is 0 Å². The van der Waals surface area contributed by atoms with E-state index in [1.54, 1.807) is 6.92 Å². The number of carbonyl (C=O) groups excluding carboxylic acids is 2. The summed E-state index contributed by atoms with van der Waals surface area (Å²) in [6, 6.07) is 0. The number of amides is 1. The van der Waals surface area contributed by atoms with Crippen LogP contribution in [0.3, 0.4) is 0 Å². The van der Waals surface area contributed by atoms with Crippen molar-refractivity contribution < 1.29 is 9.59 Å². The lowest BCUT2D eigenvalue weighted by molar-refractivity contribution is -0.127. The third kappa shape index (κ3) is 8.03. The summed E-state index contributed by atoms with van der Waals surface area (Å²) in [5, 5.41) is 0. The van der Waals surface area contributed by atoms with Crippen molar-refractivity contribution in [2.24, 2.45) is 11.8 Å². The molecule has 3 heteroatoms. The van der Waals surface area contributed by atoms with Crippen LogP contribution in [0.5, 0.6) is 0 Å². The Morgan fingerprint density at radius 1 is 1.14 bits per heavy atom. The molecule has 0 aliphatic carbocycles. The van der Waals surface area contributed by atoms with Gasteiger partial charge in [0.1, 0.15) is 5.78 Å². The van der Waals surface area contributed by atoms with Crippen LogP contribution in [0.15, 0.2) is 12.2 Å². The maximum Gasteiger partial charge on any atom is 0.248 e. The van der Waals surface area contributed by atoms with Crippen LogP contribution in [0.2, 0.25) is 0 Å². The molecule has 0 fully saturated rings. The molecule has 0 radical (unpaired) electrons. The lowest BCUT2D eigenvalue weighted by Crippen LogP contribution is -2.32. The highest BCUT2D eigenvalue weighted by Gasteiger charge is 2.15. The normalized spacial score (nSPS) is 12.3. The molecule has 0 heterocycles. The number of ketones is 1. The second kappa shape index (κ2) is 10.6. The first-order valence-electron chi connectivity index (χ1n) is 8.30. The molecule has 0 aromatic heterocycles. The smallest absolute Gasteiger partial charge is 0.248 e. The Morgan fingerprint density at radius 3 is 2.19 bits per heavy atom. The van der Waals surface area contributed by atoms with Crippen molar-refractivity contribution in [3.63, 3.8) is 0 Å². The summed E-state index contributed by atoms with van der Waals surface area (Å²) in [6.45, 7) is 15.1. The maximum atomic E-state index is 11.9. The first-order valence-corrected chi connectivity index (χ1v) is 8.30. The van der Waals surface area contributed by atoms with Gasteiger partial charge < -0.3 is 4.90 Å². The number of hydrogen-bond donors (Lipinski definition) is 0. The molecule has 0 rings (SSSR count). The summed E-state index contributed by atoms with van der Waals surface area (Å²) >= 11 is 0. The number of likely N-dealkylation sites (N-methyl/N-ethyl adjacent to an activating group) is 1. The van der Waals surface area contributed by atoms with Crippen LogP contribution in [-0.4, -0.2) is 29.7 Å². The van der Waals surface area contributed by atoms with Crippen molar-refractivity contribution in [1.29, 1.82) is 0 Å². The first-order chi connectivity index (χ1) is 9.83. The van der Waals surface area contributed by atoms with Gasteiger partial charge in [-0.1, -0.05) is 33.8 Å². The zero-order valence-corrected chi connectivity index (χ0v) is 14.6. The van der Waals surface area contributed by atoms with Gasteiger partial charge in [-0.05, 0) is 39.0 Å². The number of Topliss-reactive ketones (excluding diaryl/α,β-unsaturated/α-hetero) is 1. The van der Waals surface area contributed by atoms with Crippen LogP contribution in [0.25, 0.3) is 0 Å². The fraction of sp³-hybridized carbons (Fsp3) is 0.778. The van der Waals surface area contributed by atoms with Crippen molar-refractivity contribution in [3.05, 3.63) is 12.2 Å². The van der Waals surface area contributed by atoms with Crippen molar-refractivity contribution in [2.75, 3.05) is 13.1 Å². The third-order valence-electron chi connectivity index (χ3n) is 4.09. The van der Waals surface area contributed by atoms with E-state index >= 15 is 0 Å². The minimum Gasteiger partial charge on any atom is -0.339 e. The molecular formula is C18H33NO2. The van der Waals surface area contributed by atoms with Crippen LogP contribution in [0.1, 0.15) is 66.7 Å². The second-order valence-corrected chi connectivity index (χ2v) is 6.24. The summed E-state index contributed by atoms with van der Waals surface area (Å²) in [6.07, 6.45) is 4.86. The van der Waals surface area contributed by atoms with E-state index in [1.165, 1.54) is 0 Å². The number of nitrogens with zero attached hydrogens (tertiary/aromatic N) is 1. The van der Waals surface area contributed by atoms with Gasteiger partial charge in [-0.3, -0.25) is 9.59 Å². The van der Waals surface area contributed by atoms with Crippen molar-refractivity contribution >= 4 is 11.7 Å². The summed E-state index contributed by atoms with van der Waals surface area (Å²) in [7, 11) is 0. The van der Waals surface area contributed by atoms with E-state index in [1.807, 2.05) is 25.7 Å². The van der Waals surface area contributed by atoms with Crippen LogP contribution >= 0.6 is 0 Å². The van der Waals surface area contributed by atoms with Crippen LogP contribution in [0, 0.1) is 11.8 Å². The highest BCUT2D eigenvalue weighted by molar-refractivity contribution is 5.92. The molecule has 0 aromatic carbocycles. The number of hydrogen-bond acceptors (Lipinski definition) is 2. The Hall–Kier alpha value is -1.12. The van der Waals surface area contributed by atoms with Gasteiger partial charge in [0.15, 0.2) is 0 Å².